The molecule has 0 saturated carbocycles. The monoisotopic (exact) mass is 430 g/mol. The number of aromatic nitrogens is 3. The van der Waals surface area contributed by atoms with Crippen molar-refractivity contribution in [1.29, 1.82) is 5.26 Å². The molecule has 4 rings (SSSR count). The number of aryl methyl sites for hydroxylation is 1. The summed E-state index contributed by atoms with van der Waals surface area (Å²) in [7, 11) is 1.63. The number of methoxy groups -OCH3 is 1. The maximum absolute atomic E-state index is 9.12. The van der Waals surface area contributed by atoms with E-state index in [0.29, 0.717) is 27.7 Å². The number of H-pyrrole nitrogens is 1. The van der Waals surface area contributed by atoms with E-state index in [0.717, 1.165) is 28.8 Å². The molecule has 4 aromatic rings. The molecule has 1 N–H and O–H groups in total. The average Bonchev–Trinajstić information content (AvgIpc) is 3.13. The summed E-state index contributed by atoms with van der Waals surface area (Å²) in [6.07, 6.45) is 4.53. The zero-order valence-corrected chi connectivity index (χ0v) is 17.8. The summed E-state index contributed by atoms with van der Waals surface area (Å²) in [5, 5.41) is 10.4. The summed E-state index contributed by atoms with van der Waals surface area (Å²) in [6, 6.07) is 16.8. The first-order valence-corrected chi connectivity index (χ1v) is 10.1. The normalized spacial score (nSPS) is 11.0. The van der Waals surface area contributed by atoms with Crippen LogP contribution in [0.5, 0.6) is 17.5 Å². The van der Waals surface area contributed by atoms with Crippen molar-refractivity contribution in [2.45, 2.75) is 13.3 Å². The molecule has 2 heterocycles. The van der Waals surface area contributed by atoms with Gasteiger partial charge in [0.15, 0.2) is 0 Å². The van der Waals surface area contributed by atoms with E-state index in [1.807, 2.05) is 43.3 Å². The molecule has 0 saturated heterocycles. The number of ether oxygens (including phenoxy) is 2. The molecule has 31 heavy (non-hydrogen) atoms. The van der Waals surface area contributed by atoms with Gasteiger partial charge in [-0.15, -0.1) is 0 Å². The van der Waals surface area contributed by atoms with Gasteiger partial charge in [-0.05, 0) is 48.4 Å². The molecule has 0 aliphatic heterocycles. The van der Waals surface area contributed by atoms with E-state index in [1.165, 1.54) is 0 Å². The van der Waals surface area contributed by atoms with Gasteiger partial charge in [-0.1, -0.05) is 42.8 Å². The average molecular weight is 431 g/mol. The van der Waals surface area contributed by atoms with Gasteiger partial charge in [0.1, 0.15) is 17.1 Å². The van der Waals surface area contributed by atoms with Crippen LogP contribution in [0.1, 0.15) is 29.4 Å². The third-order valence-electron chi connectivity index (χ3n) is 4.72. The number of hydrogen-bond donors (Lipinski definition) is 1. The van der Waals surface area contributed by atoms with E-state index in [4.69, 9.17) is 26.3 Å². The highest BCUT2D eigenvalue weighted by atomic mass is 35.5. The van der Waals surface area contributed by atoms with Crippen LogP contribution in [0, 0.1) is 11.3 Å². The van der Waals surface area contributed by atoms with Gasteiger partial charge < -0.3 is 14.5 Å². The SMILES string of the molecule is CCc1[nH]c2nc(Oc3cccc(C#N)c3)nc(/C=C/c3cccc(OC)c3)c2c1Cl. The molecule has 0 fully saturated rings. The van der Waals surface area contributed by atoms with Crippen molar-refractivity contribution in [3.63, 3.8) is 0 Å². The predicted octanol–water partition coefficient (Wildman–Crippen LogP) is 6.02. The summed E-state index contributed by atoms with van der Waals surface area (Å²) in [5.74, 6) is 1.25. The molecule has 0 atom stereocenters. The van der Waals surface area contributed by atoms with E-state index < -0.39 is 0 Å². The smallest absolute Gasteiger partial charge is 0.324 e. The van der Waals surface area contributed by atoms with Crippen molar-refractivity contribution in [2.75, 3.05) is 7.11 Å². The van der Waals surface area contributed by atoms with Gasteiger partial charge in [0.25, 0.3) is 0 Å². The van der Waals surface area contributed by atoms with Crippen LogP contribution in [0.25, 0.3) is 23.2 Å². The van der Waals surface area contributed by atoms with E-state index in [9.17, 15) is 0 Å². The number of hydrogen-bond acceptors (Lipinski definition) is 5. The van der Waals surface area contributed by atoms with Crippen LogP contribution in [-0.2, 0) is 6.42 Å². The molecule has 0 aliphatic carbocycles. The number of benzene rings is 2. The summed E-state index contributed by atoms with van der Waals surface area (Å²) in [4.78, 5) is 12.3. The highest BCUT2D eigenvalue weighted by Crippen LogP contribution is 2.32. The summed E-state index contributed by atoms with van der Waals surface area (Å²) in [6.45, 7) is 2.01. The van der Waals surface area contributed by atoms with Crippen LogP contribution in [0.4, 0.5) is 0 Å². The first kappa shape index (κ1) is 20.5. The molecular weight excluding hydrogens is 412 g/mol. The minimum atomic E-state index is 0.161. The summed E-state index contributed by atoms with van der Waals surface area (Å²) < 4.78 is 11.1. The summed E-state index contributed by atoms with van der Waals surface area (Å²) in [5.41, 5.74) is 3.55. The number of nitrogens with zero attached hydrogens (tertiary/aromatic N) is 3. The minimum Gasteiger partial charge on any atom is -0.497 e. The maximum Gasteiger partial charge on any atom is 0.324 e. The number of fused-ring (bicyclic) bond motifs is 1. The Hall–Kier alpha value is -3.82. The van der Waals surface area contributed by atoms with Gasteiger partial charge in [0.05, 0.1) is 34.8 Å². The number of nitriles is 1. The molecule has 2 aromatic carbocycles. The molecule has 0 amide bonds. The highest BCUT2D eigenvalue weighted by molar-refractivity contribution is 6.36. The van der Waals surface area contributed by atoms with Gasteiger partial charge in [-0.3, -0.25) is 0 Å². The fraction of sp³-hybridized carbons (Fsp3) is 0.125. The van der Waals surface area contributed by atoms with Crippen molar-refractivity contribution < 1.29 is 9.47 Å². The van der Waals surface area contributed by atoms with Crippen molar-refractivity contribution in [3.05, 3.63) is 76.1 Å². The van der Waals surface area contributed by atoms with Crippen molar-refractivity contribution in [2.24, 2.45) is 0 Å². The van der Waals surface area contributed by atoms with Crippen LogP contribution in [0.15, 0.2) is 48.5 Å². The predicted molar refractivity (Wildman–Crippen MR) is 121 cm³/mol. The Kier molecular flexibility index (Phi) is 5.87. The van der Waals surface area contributed by atoms with Gasteiger partial charge in [-0.25, -0.2) is 0 Å². The Morgan fingerprint density at radius 3 is 2.68 bits per heavy atom. The lowest BCUT2D eigenvalue weighted by atomic mass is 10.1. The molecule has 7 heteroatoms. The Morgan fingerprint density at radius 1 is 1.10 bits per heavy atom. The molecule has 6 nitrogen and oxygen atoms in total. The summed E-state index contributed by atoms with van der Waals surface area (Å²) >= 11 is 6.60. The fourth-order valence-electron chi connectivity index (χ4n) is 3.18. The fourth-order valence-corrected chi connectivity index (χ4v) is 3.54. The Morgan fingerprint density at radius 2 is 1.90 bits per heavy atom. The zero-order valence-electron chi connectivity index (χ0n) is 17.0. The lowest BCUT2D eigenvalue weighted by Gasteiger charge is -2.06. The second-order valence-corrected chi connectivity index (χ2v) is 7.12. The minimum absolute atomic E-state index is 0.161. The Balaban J connectivity index is 1.78. The van der Waals surface area contributed by atoms with Gasteiger partial charge >= 0.3 is 6.01 Å². The third-order valence-corrected chi connectivity index (χ3v) is 5.14. The molecule has 0 bridgehead atoms. The van der Waals surface area contributed by atoms with Crippen LogP contribution in [0.2, 0.25) is 5.02 Å². The largest absolute Gasteiger partial charge is 0.497 e. The van der Waals surface area contributed by atoms with Crippen molar-refractivity contribution in [3.8, 4) is 23.6 Å². The van der Waals surface area contributed by atoms with Crippen molar-refractivity contribution in [1.82, 2.24) is 15.0 Å². The zero-order chi connectivity index (χ0) is 21.8. The third kappa shape index (κ3) is 4.37. The van der Waals surface area contributed by atoms with Gasteiger partial charge in [-0.2, -0.15) is 15.2 Å². The van der Waals surface area contributed by atoms with Gasteiger partial charge in [0.2, 0.25) is 0 Å². The second-order valence-electron chi connectivity index (χ2n) is 6.74. The highest BCUT2D eigenvalue weighted by Gasteiger charge is 2.16. The van der Waals surface area contributed by atoms with Crippen molar-refractivity contribution >= 4 is 34.8 Å². The van der Waals surface area contributed by atoms with Crippen LogP contribution >= 0.6 is 11.6 Å². The van der Waals surface area contributed by atoms with Crippen LogP contribution in [-0.4, -0.2) is 22.1 Å². The van der Waals surface area contributed by atoms with E-state index >= 15 is 0 Å². The maximum atomic E-state index is 9.12. The number of aromatic amines is 1. The molecule has 0 aliphatic rings. The first-order valence-electron chi connectivity index (χ1n) is 9.69. The lowest BCUT2D eigenvalue weighted by molar-refractivity contribution is 0.414. The van der Waals surface area contributed by atoms with Gasteiger partial charge in [0, 0.05) is 5.69 Å². The van der Waals surface area contributed by atoms with Crippen LogP contribution in [0.3, 0.4) is 0 Å². The first-order chi connectivity index (χ1) is 15.1. The van der Waals surface area contributed by atoms with E-state index in [2.05, 4.69) is 21.0 Å². The second kappa shape index (κ2) is 8.90. The molecule has 0 spiro atoms. The van der Waals surface area contributed by atoms with E-state index in [1.54, 1.807) is 31.4 Å². The molecule has 0 unspecified atom stereocenters. The van der Waals surface area contributed by atoms with E-state index in [-0.39, 0.29) is 6.01 Å². The molecule has 154 valence electrons. The molecule has 2 aromatic heterocycles. The Labute approximate surface area is 184 Å². The number of halogens is 1. The lowest BCUT2D eigenvalue weighted by Crippen LogP contribution is -1.95. The standard InChI is InChI=1S/C24H19ClN4O2/c1-3-19-22(25)21-20(11-10-15-6-4-8-17(12-15)30-2)28-24(29-23(21)27-19)31-18-9-5-7-16(13-18)14-26/h4-13H,3H2,1-2H3,(H,27,28,29)/b11-10+. The number of rotatable bonds is 6. The van der Waals surface area contributed by atoms with Crippen LogP contribution < -0.4 is 9.47 Å². The topological polar surface area (TPSA) is 83.8 Å². The Bertz CT molecular complexity index is 1320. The molecule has 0 radical (unpaired) electrons. The number of nitrogens with one attached hydrogen (secondary N) is 1. The quantitative estimate of drug-likeness (QED) is 0.404. The molecular formula is C24H19ClN4O2.